The Kier molecular flexibility index (Phi) is 4.75. The second kappa shape index (κ2) is 6.94. The van der Waals surface area contributed by atoms with Crippen molar-refractivity contribution in [3.63, 3.8) is 0 Å². The van der Waals surface area contributed by atoms with Gasteiger partial charge in [-0.1, -0.05) is 42.0 Å². The zero-order valence-electron chi connectivity index (χ0n) is 12.3. The summed E-state index contributed by atoms with van der Waals surface area (Å²) in [5.74, 6) is 0.805. The van der Waals surface area contributed by atoms with E-state index in [4.69, 9.17) is 11.6 Å². The van der Waals surface area contributed by atoms with Crippen molar-refractivity contribution in [2.24, 2.45) is 4.99 Å². The minimum absolute atomic E-state index is 0.637. The summed E-state index contributed by atoms with van der Waals surface area (Å²) in [7, 11) is 0. The Balaban J connectivity index is 1.76. The first-order valence-corrected chi connectivity index (χ1v) is 8.44. The molecule has 114 valence electrons. The molecule has 2 N–H and O–H groups in total. The Labute approximate surface area is 139 Å². The first kappa shape index (κ1) is 15.1. The van der Waals surface area contributed by atoms with Crippen LogP contribution in [0.3, 0.4) is 0 Å². The van der Waals surface area contributed by atoms with E-state index in [9.17, 15) is 0 Å². The van der Waals surface area contributed by atoms with Gasteiger partial charge in [-0.05, 0) is 24.6 Å². The molecular weight excluding hydrogens is 316 g/mol. The summed E-state index contributed by atoms with van der Waals surface area (Å²) in [6.45, 7) is 3.71. The maximum absolute atomic E-state index is 6.25. The maximum atomic E-state index is 6.25. The van der Waals surface area contributed by atoms with E-state index in [1.807, 2.05) is 30.5 Å². The van der Waals surface area contributed by atoms with Gasteiger partial charge >= 0.3 is 0 Å². The van der Waals surface area contributed by atoms with Crippen molar-refractivity contribution in [1.82, 2.24) is 10.3 Å². The second-order valence-corrected chi connectivity index (χ2v) is 6.31. The molecule has 4 nitrogen and oxygen atoms in total. The van der Waals surface area contributed by atoms with Crippen LogP contribution < -0.4 is 10.6 Å². The number of hydrogen-bond acceptors (Lipinski definition) is 5. The molecule has 0 spiro atoms. The Morgan fingerprint density at radius 2 is 2.23 bits per heavy atom. The summed E-state index contributed by atoms with van der Waals surface area (Å²) in [6.07, 6.45) is 5.04. The van der Waals surface area contributed by atoms with Crippen LogP contribution in [-0.2, 0) is 0 Å². The molecule has 0 saturated heterocycles. The van der Waals surface area contributed by atoms with E-state index in [1.54, 1.807) is 11.3 Å². The quantitative estimate of drug-likeness (QED) is 0.869. The van der Waals surface area contributed by atoms with Crippen LogP contribution in [0.25, 0.3) is 5.70 Å². The number of nitrogens with one attached hydrogen (secondary N) is 2. The van der Waals surface area contributed by atoms with Crippen molar-refractivity contribution in [3.05, 3.63) is 52.0 Å². The highest BCUT2D eigenvalue weighted by Gasteiger charge is 2.15. The van der Waals surface area contributed by atoms with E-state index in [2.05, 4.69) is 33.6 Å². The van der Waals surface area contributed by atoms with Gasteiger partial charge in [-0.25, -0.2) is 4.98 Å². The second-order valence-electron chi connectivity index (χ2n) is 4.87. The largest absolute Gasteiger partial charge is 0.362 e. The van der Waals surface area contributed by atoms with Gasteiger partial charge in [-0.15, -0.1) is 0 Å². The van der Waals surface area contributed by atoms with Gasteiger partial charge in [-0.2, -0.15) is 0 Å². The molecule has 0 saturated carbocycles. The molecule has 3 rings (SSSR count). The Morgan fingerprint density at radius 1 is 1.36 bits per heavy atom. The number of nitrogens with zero attached hydrogens (tertiary/aromatic N) is 2. The minimum atomic E-state index is 0.637. The van der Waals surface area contributed by atoms with Crippen molar-refractivity contribution in [2.45, 2.75) is 13.3 Å². The normalized spacial score (nSPS) is 14.1. The van der Waals surface area contributed by atoms with Crippen LogP contribution in [0.2, 0.25) is 5.02 Å². The molecule has 0 atom stereocenters. The van der Waals surface area contributed by atoms with Gasteiger partial charge in [0, 0.05) is 18.3 Å². The fourth-order valence-electron chi connectivity index (χ4n) is 2.13. The minimum Gasteiger partial charge on any atom is -0.362 e. The molecule has 22 heavy (non-hydrogen) atoms. The number of anilines is 1. The van der Waals surface area contributed by atoms with Gasteiger partial charge in [0.25, 0.3) is 0 Å². The summed E-state index contributed by atoms with van der Waals surface area (Å²) >= 11 is 7.89. The van der Waals surface area contributed by atoms with Crippen LogP contribution >= 0.6 is 22.9 Å². The summed E-state index contributed by atoms with van der Waals surface area (Å²) in [6, 6.07) is 7.72. The summed E-state index contributed by atoms with van der Waals surface area (Å²) in [5.41, 5.74) is 1.95. The monoisotopic (exact) mass is 332 g/mol. The predicted octanol–water partition coefficient (Wildman–Crippen LogP) is 4.01. The molecule has 1 aromatic heterocycles. The number of hydrogen-bond donors (Lipinski definition) is 2. The van der Waals surface area contributed by atoms with E-state index in [-0.39, 0.29) is 0 Å². The Bertz CT molecular complexity index is 720. The number of benzene rings is 1. The van der Waals surface area contributed by atoms with E-state index < -0.39 is 0 Å². The first-order valence-electron chi connectivity index (χ1n) is 7.24. The molecule has 0 amide bonds. The van der Waals surface area contributed by atoms with Crippen molar-refractivity contribution in [2.75, 3.05) is 18.4 Å². The topological polar surface area (TPSA) is 49.3 Å². The van der Waals surface area contributed by atoms with Gasteiger partial charge in [0.15, 0.2) is 5.13 Å². The van der Waals surface area contributed by atoms with Crippen LogP contribution in [0.4, 0.5) is 5.13 Å². The number of thiazole rings is 1. The average Bonchev–Trinajstić information content (AvgIpc) is 3.02. The predicted molar refractivity (Wildman–Crippen MR) is 94.9 cm³/mol. The van der Waals surface area contributed by atoms with Gasteiger partial charge in [0.05, 0.1) is 22.1 Å². The third-order valence-corrected chi connectivity index (χ3v) is 4.54. The summed E-state index contributed by atoms with van der Waals surface area (Å²) in [4.78, 5) is 10.0. The van der Waals surface area contributed by atoms with Crippen molar-refractivity contribution in [1.29, 1.82) is 0 Å². The van der Waals surface area contributed by atoms with Crippen LogP contribution in [0, 0.1) is 0 Å². The SMILES string of the molecule is CCCNc1ncc(C2=CCN=C(c3ccccc3Cl)N2)s1. The van der Waals surface area contributed by atoms with E-state index in [0.717, 1.165) is 40.1 Å². The molecular formula is C16H17ClN4S. The standard InChI is InChI=1S/C16H17ClN4S/c1-2-8-19-16-20-10-14(22-16)13-7-9-18-15(21-13)11-5-3-4-6-12(11)17/h3-7,10H,2,8-9H2,1H3,(H,18,21)(H,19,20). The number of aliphatic imine (C=N–C) groups is 1. The lowest BCUT2D eigenvalue weighted by molar-refractivity contribution is 0.976. The Morgan fingerprint density at radius 3 is 3.05 bits per heavy atom. The van der Waals surface area contributed by atoms with Crippen molar-refractivity contribution < 1.29 is 0 Å². The molecule has 0 aliphatic carbocycles. The molecule has 0 radical (unpaired) electrons. The van der Waals surface area contributed by atoms with Crippen molar-refractivity contribution >= 4 is 39.6 Å². The molecule has 1 aromatic carbocycles. The molecule has 0 fully saturated rings. The Hall–Kier alpha value is -1.85. The maximum Gasteiger partial charge on any atom is 0.183 e. The highest BCUT2D eigenvalue weighted by atomic mass is 35.5. The van der Waals surface area contributed by atoms with Crippen LogP contribution in [0.1, 0.15) is 23.8 Å². The molecule has 2 aromatic rings. The van der Waals surface area contributed by atoms with E-state index in [1.165, 1.54) is 0 Å². The number of rotatable bonds is 5. The lowest BCUT2D eigenvalue weighted by Crippen LogP contribution is -2.26. The number of halogens is 1. The van der Waals surface area contributed by atoms with Gasteiger partial charge < -0.3 is 10.6 Å². The molecule has 1 aliphatic heterocycles. The number of aromatic nitrogens is 1. The molecule has 1 aliphatic rings. The zero-order valence-corrected chi connectivity index (χ0v) is 13.8. The highest BCUT2D eigenvalue weighted by molar-refractivity contribution is 7.16. The lowest BCUT2D eigenvalue weighted by Gasteiger charge is -2.17. The molecule has 2 heterocycles. The van der Waals surface area contributed by atoms with Gasteiger partial charge in [0.2, 0.25) is 0 Å². The van der Waals surface area contributed by atoms with Crippen LogP contribution in [0.5, 0.6) is 0 Å². The third kappa shape index (κ3) is 3.31. The smallest absolute Gasteiger partial charge is 0.183 e. The average molecular weight is 333 g/mol. The van der Waals surface area contributed by atoms with Crippen molar-refractivity contribution in [3.8, 4) is 0 Å². The van der Waals surface area contributed by atoms with Crippen LogP contribution in [-0.4, -0.2) is 23.9 Å². The summed E-state index contributed by atoms with van der Waals surface area (Å²) < 4.78 is 0. The molecule has 0 unspecified atom stereocenters. The first-order chi connectivity index (χ1) is 10.8. The molecule has 0 bridgehead atoms. The lowest BCUT2D eigenvalue weighted by atomic mass is 10.1. The van der Waals surface area contributed by atoms with E-state index >= 15 is 0 Å². The van der Waals surface area contributed by atoms with Gasteiger partial charge in [-0.3, -0.25) is 4.99 Å². The fraction of sp³-hybridized carbons (Fsp3) is 0.250. The zero-order chi connectivity index (χ0) is 15.4. The van der Waals surface area contributed by atoms with Gasteiger partial charge in [0.1, 0.15) is 5.84 Å². The third-order valence-electron chi connectivity index (χ3n) is 3.22. The fourth-order valence-corrected chi connectivity index (χ4v) is 3.19. The summed E-state index contributed by atoms with van der Waals surface area (Å²) in [5, 5.41) is 8.32. The highest BCUT2D eigenvalue weighted by Crippen LogP contribution is 2.26. The molecule has 6 heteroatoms. The van der Waals surface area contributed by atoms with Crippen LogP contribution in [0.15, 0.2) is 41.5 Å². The number of amidine groups is 1. The van der Waals surface area contributed by atoms with E-state index in [0.29, 0.717) is 11.6 Å².